The molecule has 1 fully saturated rings. The van der Waals surface area contributed by atoms with Crippen LogP contribution in [-0.2, 0) is 4.74 Å². The number of morpholine rings is 1. The average molecular weight is 400 g/mol. The smallest absolute Gasteiger partial charge is 0.259 e. The minimum atomic E-state index is -0.916. The molecule has 1 aromatic carbocycles. The van der Waals surface area contributed by atoms with Gasteiger partial charge in [-0.05, 0) is 37.6 Å². The summed E-state index contributed by atoms with van der Waals surface area (Å²) >= 11 is 0. The first-order valence-electron chi connectivity index (χ1n) is 9.50. The molecule has 0 aliphatic carbocycles. The van der Waals surface area contributed by atoms with Crippen LogP contribution in [0.25, 0.3) is 5.65 Å². The number of benzene rings is 1. The molecule has 0 spiro atoms. The summed E-state index contributed by atoms with van der Waals surface area (Å²) < 4.78 is 33.7. The molecule has 1 aliphatic heterocycles. The van der Waals surface area contributed by atoms with Gasteiger partial charge in [0.2, 0.25) is 0 Å². The molecule has 4 rings (SSSR count). The van der Waals surface area contributed by atoms with Gasteiger partial charge in [-0.2, -0.15) is 0 Å². The molecule has 0 saturated carbocycles. The lowest BCUT2D eigenvalue weighted by Crippen LogP contribution is -2.37. The van der Waals surface area contributed by atoms with Gasteiger partial charge in [0, 0.05) is 42.7 Å². The van der Waals surface area contributed by atoms with Gasteiger partial charge in [-0.15, -0.1) is 0 Å². The topological polar surface area (TPSA) is 58.9 Å². The monoisotopic (exact) mass is 400 g/mol. The maximum absolute atomic E-state index is 13.6. The number of rotatable bonds is 4. The lowest BCUT2D eigenvalue weighted by Gasteiger charge is -2.28. The predicted molar refractivity (Wildman–Crippen MR) is 108 cm³/mol. The second kappa shape index (κ2) is 7.79. The number of aryl methyl sites for hydroxylation is 1. The van der Waals surface area contributed by atoms with Crippen LogP contribution in [0.15, 0.2) is 41.3 Å². The molecule has 1 unspecified atom stereocenters. The van der Waals surface area contributed by atoms with Gasteiger partial charge in [-0.1, -0.05) is 0 Å². The zero-order valence-electron chi connectivity index (χ0n) is 16.3. The van der Waals surface area contributed by atoms with Crippen molar-refractivity contribution in [2.75, 3.05) is 36.5 Å². The van der Waals surface area contributed by atoms with E-state index >= 15 is 0 Å². The summed E-state index contributed by atoms with van der Waals surface area (Å²) in [7, 11) is 0. The molecule has 0 amide bonds. The molecule has 3 heterocycles. The molecule has 1 aliphatic rings. The summed E-state index contributed by atoms with van der Waals surface area (Å²) in [5.41, 5.74) is 2.51. The maximum Gasteiger partial charge on any atom is 0.259 e. The van der Waals surface area contributed by atoms with E-state index in [1.807, 2.05) is 24.8 Å². The first-order chi connectivity index (χ1) is 13.9. The molecule has 1 atom stereocenters. The highest BCUT2D eigenvalue weighted by molar-refractivity contribution is 5.58. The average Bonchev–Trinajstić information content (AvgIpc) is 2.71. The Bertz CT molecular complexity index is 1110. The third-order valence-electron chi connectivity index (χ3n) is 5.02. The molecule has 6 nitrogen and oxygen atoms in total. The summed E-state index contributed by atoms with van der Waals surface area (Å²) in [6, 6.07) is 6.87. The van der Waals surface area contributed by atoms with E-state index in [4.69, 9.17) is 9.72 Å². The van der Waals surface area contributed by atoms with Crippen LogP contribution in [0.5, 0.6) is 0 Å². The highest BCUT2D eigenvalue weighted by atomic mass is 19.2. The normalized spacial score (nSPS) is 15.5. The number of aromatic nitrogens is 2. The number of fused-ring (bicyclic) bond motifs is 1. The van der Waals surface area contributed by atoms with E-state index < -0.39 is 11.6 Å². The number of nitrogens with one attached hydrogen (secondary N) is 1. The van der Waals surface area contributed by atoms with Crippen molar-refractivity contribution in [1.29, 1.82) is 0 Å². The SMILES string of the molecule is Cc1cc(C(C)Nc2ccc(F)c(F)c2)c2nc(N3CCOCC3)cc(=O)n2c1. The maximum atomic E-state index is 13.6. The largest absolute Gasteiger partial charge is 0.378 e. The molecule has 2 aromatic heterocycles. The summed E-state index contributed by atoms with van der Waals surface area (Å²) in [5, 5.41) is 3.17. The third kappa shape index (κ3) is 3.93. The van der Waals surface area contributed by atoms with E-state index in [2.05, 4.69) is 5.32 Å². The number of hydrogen-bond acceptors (Lipinski definition) is 5. The zero-order chi connectivity index (χ0) is 20.5. The fourth-order valence-electron chi connectivity index (χ4n) is 3.54. The van der Waals surface area contributed by atoms with Gasteiger partial charge >= 0.3 is 0 Å². The Labute approximate surface area is 166 Å². The second-order valence-electron chi connectivity index (χ2n) is 7.21. The van der Waals surface area contributed by atoms with Crippen LogP contribution < -0.4 is 15.8 Å². The standard InChI is InChI=1S/C21H22F2N4O2/c1-13-9-16(14(2)24-15-3-4-17(22)18(23)10-15)21-25-19(11-20(28)27(21)12-13)26-5-7-29-8-6-26/h3-4,9-12,14,24H,5-8H2,1-2H3. The molecule has 8 heteroatoms. The molecule has 0 radical (unpaired) electrons. The van der Waals surface area contributed by atoms with E-state index in [0.717, 1.165) is 23.3 Å². The highest BCUT2D eigenvalue weighted by Gasteiger charge is 2.18. The van der Waals surface area contributed by atoms with Crippen molar-refractivity contribution in [2.45, 2.75) is 19.9 Å². The van der Waals surface area contributed by atoms with Crippen LogP contribution >= 0.6 is 0 Å². The minimum absolute atomic E-state index is 0.165. The minimum Gasteiger partial charge on any atom is -0.378 e. The van der Waals surface area contributed by atoms with Crippen molar-refractivity contribution in [3.63, 3.8) is 0 Å². The van der Waals surface area contributed by atoms with Gasteiger partial charge in [0.15, 0.2) is 11.6 Å². The van der Waals surface area contributed by atoms with Crippen molar-refractivity contribution in [2.24, 2.45) is 0 Å². The molecular weight excluding hydrogens is 378 g/mol. The molecule has 1 N–H and O–H groups in total. The van der Waals surface area contributed by atoms with E-state index in [1.54, 1.807) is 6.20 Å². The lowest BCUT2D eigenvalue weighted by molar-refractivity contribution is 0.122. The Morgan fingerprint density at radius 1 is 1.14 bits per heavy atom. The van der Waals surface area contributed by atoms with Gasteiger partial charge in [0.25, 0.3) is 5.56 Å². The van der Waals surface area contributed by atoms with Crippen LogP contribution in [0.1, 0.15) is 24.1 Å². The van der Waals surface area contributed by atoms with Crippen molar-refractivity contribution < 1.29 is 13.5 Å². The van der Waals surface area contributed by atoms with Crippen LogP contribution in [0.4, 0.5) is 20.3 Å². The first kappa shape index (κ1) is 19.3. The quantitative estimate of drug-likeness (QED) is 0.728. The van der Waals surface area contributed by atoms with Crippen LogP contribution in [0, 0.1) is 18.6 Å². The van der Waals surface area contributed by atoms with Gasteiger partial charge in [-0.25, -0.2) is 13.8 Å². The highest BCUT2D eigenvalue weighted by Crippen LogP contribution is 2.25. The Hall–Kier alpha value is -3.00. The summed E-state index contributed by atoms with van der Waals surface area (Å²) in [6.07, 6.45) is 1.75. The van der Waals surface area contributed by atoms with Crippen molar-refractivity contribution in [3.8, 4) is 0 Å². The first-order valence-corrected chi connectivity index (χ1v) is 9.50. The number of nitrogens with zero attached hydrogens (tertiary/aromatic N) is 3. The Morgan fingerprint density at radius 3 is 2.62 bits per heavy atom. The van der Waals surface area contributed by atoms with Gasteiger partial charge in [-0.3, -0.25) is 9.20 Å². The Kier molecular flexibility index (Phi) is 5.19. The van der Waals surface area contributed by atoms with Gasteiger partial charge < -0.3 is 15.0 Å². The molecule has 152 valence electrons. The van der Waals surface area contributed by atoms with Crippen LogP contribution in [0.2, 0.25) is 0 Å². The Morgan fingerprint density at radius 2 is 1.90 bits per heavy atom. The molecular formula is C21H22F2N4O2. The fraction of sp³-hybridized carbons (Fsp3) is 0.333. The van der Waals surface area contributed by atoms with Crippen molar-refractivity contribution in [3.05, 3.63) is 69.6 Å². The molecule has 1 saturated heterocycles. The van der Waals surface area contributed by atoms with E-state index in [0.29, 0.717) is 43.5 Å². The Balaban J connectivity index is 1.76. The number of hydrogen-bond donors (Lipinski definition) is 1. The number of ether oxygens (including phenoxy) is 1. The van der Waals surface area contributed by atoms with E-state index in [-0.39, 0.29) is 11.6 Å². The summed E-state index contributed by atoms with van der Waals surface area (Å²) in [4.78, 5) is 19.5. The molecule has 0 bridgehead atoms. The summed E-state index contributed by atoms with van der Waals surface area (Å²) in [6.45, 7) is 6.32. The number of pyridine rings is 1. The van der Waals surface area contributed by atoms with Crippen LogP contribution in [-0.4, -0.2) is 35.7 Å². The van der Waals surface area contributed by atoms with Crippen molar-refractivity contribution in [1.82, 2.24) is 9.38 Å². The van der Waals surface area contributed by atoms with E-state index in [9.17, 15) is 13.6 Å². The van der Waals surface area contributed by atoms with Crippen LogP contribution in [0.3, 0.4) is 0 Å². The van der Waals surface area contributed by atoms with Gasteiger partial charge in [0.1, 0.15) is 11.5 Å². The lowest BCUT2D eigenvalue weighted by atomic mass is 10.1. The molecule has 29 heavy (non-hydrogen) atoms. The molecule has 3 aromatic rings. The predicted octanol–water partition coefficient (Wildman–Crippen LogP) is 3.29. The second-order valence-corrected chi connectivity index (χ2v) is 7.21. The summed E-state index contributed by atoms with van der Waals surface area (Å²) in [5.74, 6) is -1.20. The van der Waals surface area contributed by atoms with Gasteiger partial charge in [0.05, 0.1) is 19.3 Å². The van der Waals surface area contributed by atoms with E-state index in [1.165, 1.54) is 16.5 Å². The zero-order valence-corrected chi connectivity index (χ0v) is 16.3. The number of halogens is 2. The fourth-order valence-corrected chi connectivity index (χ4v) is 3.54. The van der Waals surface area contributed by atoms with Crippen molar-refractivity contribution >= 4 is 17.2 Å². The third-order valence-corrected chi connectivity index (χ3v) is 5.02. The number of anilines is 2.